The first kappa shape index (κ1) is 52.4. The SMILES string of the molecule is C[N+](C)(CCCOc1ccc(N=Nc2ccc(OCCC[N+](C)(C)CCCC(F)(F)C(F)(F)C(F)(F)C(F)(F)F)cc2)cc1)CCCC(F)(F)C(F)(F)C(F)(F)C(F)(F)F. The van der Waals surface area contributed by atoms with E-state index in [1.807, 2.05) is 0 Å². The molecule has 0 saturated heterocycles. The maximum Gasteiger partial charge on any atom is 0.460 e. The fraction of sp³-hybridized carbons (Fsp3) is 0.667. The average Bonchev–Trinajstić information content (AvgIpc) is 3.10. The van der Waals surface area contributed by atoms with Crippen LogP contribution in [0.25, 0.3) is 0 Å². The molecule has 2 aromatic rings. The molecular formula is C36H44F18N4O2+2. The van der Waals surface area contributed by atoms with Crippen LogP contribution in [0.1, 0.15) is 38.5 Å². The lowest BCUT2D eigenvalue weighted by atomic mass is 9.99. The number of ether oxygens (including phenoxy) is 2. The molecule has 0 bridgehead atoms. The van der Waals surface area contributed by atoms with Crippen LogP contribution in [-0.2, 0) is 0 Å². The van der Waals surface area contributed by atoms with Crippen molar-refractivity contribution in [1.82, 2.24) is 0 Å². The van der Waals surface area contributed by atoms with Gasteiger partial charge in [-0.05, 0) is 48.5 Å². The van der Waals surface area contributed by atoms with Crippen LogP contribution < -0.4 is 9.47 Å². The third-order valence-corrected chi connectivity index (χ3v) is 9.24. The summed E-state index contributed by atoms with van der Waals surface area (Å²) in [6.07, 6.45) is -18.4. The number of alkyl halides is 18. The molecule has 0 amide bonds. The van der Waals surface area contributed by atoms with E-state index in [0.717, 1.165) is 0 Å². The van der Waals surface area contributed by atoms with E-state index in [-0.39, 0.29) is 48.4 Å². The number of hydrogen-bond donors (Lipinski definition) is 0. The lowest BCUT2D eigenvalue weighted by Gasteiger charge is -2.35. The molecule has 0 spiro atoms. The highest BCUT2D eigenvalue weighted by molar-refractivity contribution is 5.44. The Kier molecular flexibility index (Phi) is 16.7. The van der Waals surface area contributed by atoms with Crippen molar-refractivity contribution in [2.45, 2.75) is 86.4 Å². The second-order valence-electron chi connectivity index (χ2n) is 15.3. The lowest BCUT2D eigenvalue weighted by Crippen LogP contribution is -2.61. The summed E-state index contributed by atoms with van der Waals surface area (Å²) in [5.41, 5.74) is 0.849. The van der Waals surface area contributed by atoms with Gasteiger partial charge in [0, 0.05) is 38.5 Å². The minimum Gasteiger partial charge on any atom is -0.493 e. The third-order valence-electron chi connectivity index (χ3n) is 9.24. The van der Waals surface area contributed by atoms with Crippen molar-refractivity contribution in [3.63, 3.8) is 0 Å². The molecule has 0 aliphatic carbocycles. The second kappa shape index (κ2) is 19.1. The molecule has 0 radical (unpaired) electrons. The van der Waals surface area contributed by atoms with Crippen LogP contribution in [0.4, 0.5) is 90.4 Å². The largest absolute Gasteiger partial charge is 0.493 e. The van der Waals surface area contributed by atoms with Crippen molar-refractivity contribution in [3.8, 4) is 11.5 Å². The van der Waals surface area contributed by atoms with Gasteiger partial charge >= 0.3 is 47.9 Å². The van der Waals surface area contributed by atoms with Gasteiger partial charge in [-0.15, -0.1) is 0 Å². The normalized spacial score (nSPS) is 14.6. The standard InChI is InChI=1S/C36H44F18N4O2/c1-57(2,19-5-17-29(37,38)31(41,42)33(45,46)35(49,50)51)21-7-23-59-27-13-9-25(10-14-27)55-56-26-11-15-28(16-12-26)60-24-8-22-58(3,4)20-6-18-30(39,40)32(43,44)34(47,48)36(52,53)54/h9-16H,5-8,17-24H2,1-4H3/q+2. The van der Waals surface area contributed by atoms with E-state index in [1.165, 1.54) is 28.2 Å². The predicted molar refractivity (Wildman–Crippen MR) is 181 cm³/mol. The van der Waals surface area contributed by atoms with Crippen molar-refractivity contribution in [1.29, 1.82) is 0 Å². The van der Waals surface area contributed by atoms with E-state index in [1.54, 1.807) is 48.5 Å². The van der Waals surface area contributed by atoms with Gasteiger partial charge in [0.15, 0.2) is 0 Å². The van der Waals surface area contributed by atoms with Gasteiger partial charge in [0.2, 0.25) is 0 Å². The summed E-state index contributed by atoms with van der Waals surface area (Å²) in [4.78, 5) is 0. The Bertz CT molecular complexity index is 1540. The van der Waals surface area contributed by atoms with Crippen LogP contribution >= 0.6 is 0 Å². The zero-order valence-corrected chi connectivity index (χ0v) is 32.5. The highest BCUT2D eigenvalue weighted by Crippen LogP contribution is 2.55. The van der Waals surface area contributed by atoms with Crippen LogP contribution in [0.2, 0.25) is 0 Å². The third kappa shape index (κ3) is 13.4. The second-order valence-corrected chi connectivity index (χ2v) is 15.3. The van der Waals surface area contributed by atoms with Crippen molar-refractivity contribution in [2.24, 2.45) is 10.2 Å². The van der Waals surface area contributed by atoms with Crippen molar-refractivity contribution >= 4 is 11.4 Å². The molecule has 0 heterocycles. The summed E-state index contributed by atoms with van der Waals surface area (Å²) in [6, 6.07) is 12.6. The number of quaternary nitrogens is 2. The summed E-state index contributed by atoms with van der Waals surface area (Å²) in [5, 5.41) is 8.18. The molecule has 344 valence electrons. The molecule has 0 aromatic heterocycles. The quantitative estimate of drug-likeness (QED) is 0.0456. The number of nitrogens with zero attached hydrogens (tertiary/aromatic N) is 4. The Balaban J connectivity index is 1.74. The van der Waals surface area contributed by atoms with Crippen molar-refractivity contribution in [3.05, 3.63) is 48.5 Å². The first-order valence-electron chi connectivity index (χ1n) is 17.9. The van der Waals surface area contributed by atoms with Gasteiger partial charge in [0.25, 0.3) is 0 Å². The molecule has 0 N–H and O–H groups in total. The highest BCUT2D eigenvalue weighted by atomic mass is 19.4. The first-order chi connectivity index (χ1) is 27.0. The zero-order valence-electron chi connectivity index (χ0n) is 32.5. The Labute approximate surface area is 333 Å². The number of rotatable bonds is 24. The van der Waals surface area contributed by atoms with Gasteiger partial charge < -0.3 is 18.4 Å². The fourth-order valence-electron chi connectivity index (χ4n) is 5.51. The molecule has 24 heteroatoms. The molecule has 0 unspecified atom stereocenters. The Morgan fingerprint density at radius 2 is 0.667 bits per heavy atom. The Morgan fingerprint density at radius 3 is 0.933 bits per heavy atom. The summed E-state index contributed by atoms with van der Waals surface area (Å²) in [5.74, 6) is -37.5. The summed E-state index contributed by atoms with van der Waals surface area (Å²) < 4.78 is 247. The molecule has 0 fully saturated rings. The van der Waals surface area contributed by atoms with Gasteiger partial charge in [-0.2, -0.15) is 89.3 Å². The van der Waals surface area contributed by atoms with Crippen molar-refractivity contribution < 1.29 is 97.5 Å². The molecule has 2 rings (SSSR count). The average molecular weight is 907 g/mol. The van der Waals surface area contributed by atoms with Gasteiger partial charge in [-0.1, -0.05) is 0 Å². The molecule has 60 heavy (non-hydrogen) atoms. The number of hydrogen-bond acceptors (Lipinski definition) is 4. The number of halogens is 18. The van der Waals surface area contributed by atoms with Gasteiger partial charge in [-0.3, -0.25) is 0 Å². The Morgan fingerprint density at radius 1 is 0.400 bits per heavy atom. The van der Waals surface area contributed by atoms with E-state index in [2.05, 4.69) is 10.2 Å². The van der Waals surface area contributed by atoms with E-state index in [0.29, 0.717) is 35.7 Å². The molecule has 2 aromatic carbocycles. The topological polar surface area (TPSA) is 43.2 Å². The minimum absolute atomic E-state index is 0.0486. The zero-order chi connectivity index (χ0) is 46.3. The van der Waals surface area contributed by atoms with Crippen LogP contribution in [0, 0.1) is 0 Å². The highest BCUT2D eigenvalue weighted by Gasteiger charge is 2.82. The van der Waals surface area contributed by atoms with Gasteiger partial charge in [0.05, 0.1) is 79.0 Å². The van der Waals surface area contributed by atoms with Crippen LogP contribution in [0.5, 0.6) is 11.5 Å². The van der Waals surface area contributed by atoms with E-state index in [9.17, 15) is 79.0 Å². The van der Waals surface area contributed by atoms with Crippen LogP contribution in [0.15, 0.2) is 58.8 Å². The molecule has 0 aliphatic rings. The van der Waals surface area contributed by atoms with Crippen LogP contribution in [0.3, 0.4) is 0 Å². The summed E-state index contributed by atoms with van der Waals surface area (Å²) >= 11 is 0. The number of azo groups is 1. The molecular weight excluding hydrogens is 862 g/mol. The smallest absolute Gasteiger partial charge is 0.460 e. The molecule has 0 aliphatic heterocycles. The fourth-order valence-corrected chi connectivity index (χ4v) is 5.51. The van der Waals surface area contributed by atoms with Gasteiger partial charge in [-0.25, -0.2) is 0 Å². The Hall–Kier alpha value is -3.70. The van der Waals surface area contributed by atoms with E-state index in [4.69, 9.17) is 9.47 Å². The lowest BCUT2D eigenvalue weighted by molar-refractivity contribution is -0.890. The summed E-state index contributed by atoms with van der Waals surface area (Å²) in [7, 11) is 6.11. The molecule has 0 saturated carbocycles. The summed E-state index contributed by atoms with van der Waals surface area (Å²) in [6.45, 7) is 0.283. The van der Waals surface area contributed by atoms with Crippen LogP contribution in [-0.4, -0.2) is 124 Å². The predicted octanol–water partition coefficient (Wildman–Crippen LogP) is 12.3. The first-order valence-corrected chi connectivity index (χ1v) is 17.9. The molecule has 0 atom stereocenters. The maximum atomic E-state index is 13.8. The minimum atomic E-state index is -6.92. The number of benzene rings is 2. The van der Waals surface area contributed by atoms with Gasteiger partial charge in [0.1, 0.15) is 11.5 Å². The van der Waals surface area contributed by atoms with Crippen molar-refractivity contribution in [2.75, 3.05) is 67.6 Å². The monoisotopic (exact) mass is 906 g/mol. The molecule has 6 nitrogen and oxygen atoms in total. The van der Waals surface area contributed by atoms with E-state index < -0.39 is 73.6 Å². The van der Waals surface area contributed by atoms with E-state index >= 15 is 0 Å². The maximum absolute atomic E-state index is 13.8.